The van der Waals surface area contributed by atoms with Crippen molar-refractivity contribution >= 4 is 29.0 Å². The molecule has 2 aromatic carbocycles. The van der Waals surface area contributed by atoms with Gasteiger partial charge in [-0.25, -0.2) is 0 Å². The van der Waals surface area contributed by atoms with E-state index in [1.165, 1.54) is 0 Å². The van der Waals surface area contributed by atoms with E-state index in [4.69, 9.17) is 13.9 Å². The summed E-state index contributed by atoms with van der Waals surface area (Å²) in [6.45, 7) is 3.17. The quantitative estimate of drug-likeness (QED) is 0.567. The Hall–Kier alpha value is -3.55. The molecule has 1 atom stereocenters. The highest BCUT2D eigenvalue weighted by Crippen LogP contribution is 2.27. The number of esters is 1. The second-order valence-electron chi connectivity index (χ2n) is 7.83. The molecule has 0 radical (unpaired) electrons. The number of nitrogens with zero attached hydrogens (tertiary/aromatic N) is 2. The number of fused-ring (bicyclic) bond motifs is 1. The normalized spacial score (nSPS) is 15.4. The summed E-state index contributed by atoms with van der Waals surface area (Å²) < 4.78 is 16.5. The smallest absolute Gasteiger partial charge is 0.309 e. The van der Waals surface area contributed by atoms with E-state index in [0.717, 1.165) is 16.7 Å². The summed E-state index contributed by atoms with van der Waals surface area (Å²) in [7, 11) is 1.58. The molecule has 1 aliphatic rings. The van der Waals surface area contributed by atoms with E-state index in [2.05, 4.69) is 10.3 Å². The van der Waals surface area contributed by atoms with Crippen LogP contribution >= 0.6 is 0 Å². The molecule has 3 aromatic rings. The van der Waals surface area contributed by atoms with Crippen LogP contribution in [0.4, 0.5) is 6.01 Å². The molecule has 1 N–H and O–H groups in total. The predicted molar refractivity (Wildman–Crippen MR) is 119 cm³/mol. The standard InChI is InChI=1S/C24H27N3O5/c1-16(22(28)25-15-18-7-3-5-9-20(18)30-2)31-23(29)17-11-13-27(14-12-17)24-26-19-8-4-6-10-21(19)32-24/h3-10,16-17H,11-15H2,1-2H3,(H,25,28)/t16-/m1/s1. The molecule has 8 heteroatoms. The van der Waals surface area contributed by atoms with Crippen LogP contribution in [0.15, 0.2) is 52.9 Å². The number of anilines is 1. The maximum Gasteiger partial charge on any atom is 0.309 e. The van der Waals surface area contributed by atoms with Crippen LogP contribution in [0.2, 0.25) is 0 Å². The van der Waals surface area contributed by atoms with E-state index < -0.39 is 6.10 Å². The predicted octanol–water partition coefficient (Wildman–Crippen LogP) is 3.30. The number of piperidine rings is 1. The fourth-order valence-corrected chi connectivity index (χ4v) is 3.80. The first kappa shape index (κ1) is 21.7. The summed E-state index contributed by atoms with van der Waals surface area (Å²) in [4.78, 5) is 31.5. The van der Waals surface area contributed by atoms with Crippen molar-refractivity contribution in [3.05, 3.63) is 54.1 Å². The number of carbonyl (C=O) groups is 2. The van der Waals surface area contributed by atoms with Crippen molar-refractivity contribution in [1.82, 2.24) is 10.3 Å². The molecule has 4 rings (SSSR count). The number of carbonyl (C=O) groups excluding carboxylic acids is 2. The maximum atomic E-state index is 12.6. The Bertz CT molecular complexity index is 1050. The van der Waals surface area contributed by atoms with Gasteiger partial charge in [-0.1, -0.05) is 30.3 Å². The summed E-state index contributed by atoms with van der Waals surface area (Å²) in [6.07, 6.45) is 0.368. The number of amides is 1. The van der Waals surface area contributed by atoms with Gasteiger partial charge in [-0.2, -0.15) is 4.98 Å². The summed E-state index contributed by atoms with van der Waals surface area (Å²) in [5.41, 5.74) is 2.42. The fourth-order valence-electron chi connectivity index (χ4n) is 3.80. The molecule has 8 nitrogen and oxygen atoms in total. The molecule has 1 saturated heterocycles. The van der Waals surface area contributed by atoms with Crippen molar-refractivity contribution in [2.24, 2.45) is 5.92 Å². The number of ether oxygens (including phenoxy) is 2. The van der Waals surface area contributed by atoms with E-state index in [1.807, 2.05) is 53.4 Å². The molecule has 1 aromatic heterocycles. The Kier molecular flexibility index (Phi) is 6.58. The number of aromatic nitrogens is 1. The van der Waals surface area contributed by atoms with Gasteiger partial charge in [0, 0.05) is 25.2 Å². The number of hydrogen-bond donors (Lipinski definition) is 1. The molecule has 32 heavy (non-hydrogen) atoms. The average Bonchev–Trinajstić information content (AvgIpc) is 3.27. The second kappa shape index (κ2) is 9.72. The van der Waals surface area contributed by atoms with Gasteiger partial charge < -0.3 is 24.1 Å². The van der Waals surface area contributed by atoms with Crippen molar-refractivity contribution in [3.63, 3.8) is 0 Å². The summed E-state index contributed by atoms with van der Waals surface area (Å²) in [6, 6.07) is 15.6. The van der Waals surface area contributed by atoms with Crippen molar-refractivity contribution in [3.8, 4) is 5.75 Å². The lowest BCUT2D eigenvalue weighted by molar-refractivity contribution is -0.159. The Morgan fingerprint density at radius 3 is 2.62 bits per heavy atom. The third-order valence-corrected chi connectivity index (χ3v) is 5.69. The minimum absolute atomic E-state index is 0.250. The molecule has 2 heterocycles. The topological polar surface area (TPSA) is 93.9 Å². The van der Waals surface area contributed by atoms with Crippen LogP contribution in [-0.2, 0) is 20.9 Å². The molecular formula is C24H27N3O5. The number of benzene rings is 2. The number of para-hydroxylation sites is 3. The van der Waals surface area contributed by atoms with Gasteiger partial charge in [0.2, 0.25) is 0 Å². The molecular weight excluding hydrogens is 410 g/mol. The second-order valence-corrected chi connectivity index (χ2v) is 7.83. The Morgan fingerprint density at radius 1 is 1.16 bits per heavy atom. The van der Waals surface area contributed by atoms with E-state index >= 15 is 0 Å². The van der Waals surface area contributed by atoms with E-state index in [1.54, 1.807) is 14.0 Å². The maximum absolute atomic E-state index is 12.6. The fraction of sp³-hybridized carbons (Fsp3) is 0.375. The summed E-state index contributed by atoms with van der Waals surface area (Å²) >= 11 is 0. The van der Waals surface area contributed by atoms with E-state index in [0.29, 0.717) is 44.2 Å². The van der Waals surface area contributed by atoms with Gasteiger partial charge in [-0.15, -0.1) is 0 Å². The van der Waals surface area contributed by atoms with E-state index in [-0.39, 0.29) is 17.8 Å². The number of oxazole rings is 1. The molecule has 168 valence electrons. The van der Waals surface area contributed by atoms with Crippen molar-refractivity contribution < 1.29 is 23.5 Å². The Morgan fingerprint density at radius 2 is 1.88 bits per heavy atom. The molecule has 0 bridgehead atoms. The van der Waals surface area contributed by atoms with Crippen molar-refractivity contribution in [1.29, 1.82) is 0 Å². The molecule has 0 saturated carbocycles. The van der Waals surface area contributed by atoms with Gasteiger partial charge in [0.15, 0.2) is 11.7 Å². The lowest BCUT2D eigenvalue weighted by Gasteiger charge is -2.30. The first-order chi connectivity index (χ1) is 15.5. The van der Waals surface area contributed by atoms with Crippen LogP contribution in [0.25, 0.3) is 11.1 Å². The third kappa shape index (κ3) is 4.85. The van der Waals surface area contributed by atoms with Crippen LogP contribution in [0.1, 0.15) is 25.3 Å². The number of nitrogens with one attached hydrogen (secondary N) is 1. The first-order valence-corrected chi connectivity index (χ1v) is 10.8. The third-order valence-electron chi connectivity index (χ3n) is 5.69. The lowest BCUT2D eigenvalue weighted by atomic mass is 9.97. The molecule has 1 aliphatic heterocycles. The first-order valence-electron chi connectivity index (χ1n) is 10.8. The number of rotatable bonds is 7. The average molecular weight is 437 g/mol. The monoisotopic (exact) mass is 437 g/mol. The van der Waals surface area contributed by atoms with Crippen LogP contribution in [-0.4, -0.2) is 43.2 Å². The zero-order valence-electron chi connectivity index (χ0n) is 18.2. The highest BCUT2D eigenvalue weighted by molar-refractivity contribution is 5.84. The largest absolute Gasteiger partial charge is 0.496 e. The van der Waals surface area contributed by atoms with Gasteiger partial charge in [0.1, 0.15) is 11.3 Å². The molecule has 1 amide bonds. The number of methoxy groups -OCH3 is 1. The summed E-state index contributed by atoms with van der Waals surface area (Å²) in [5, 5.41) is 2.80. The minimum atomic E-state index is -0.868. The Labute approximate surface area is 186 Å². The highest BCUT2D eigenvalue weighted by atomic mass is 16.5. The molecule has 0 aliphatic carbocycles. The lowest BCUT2D eigenvalue weighted by Crippen LogP contribution is -2.40. The van der Waals surface area contributed by atoms with E-state index in [9.17, 15) is 9.59 Å². The highest BCUT2D eigenvalue weighted by Gasteiger charge is 2.30. The zero-order chi connectivity index (χ0) is 22.5. The van der Waals surface area contributed by atoms with Gasteiger partial charge in [0.25, 0.3) is 11.9 Å². The van der Waals surface area contributed by atoms with Crippen molar-refractivity contribution in [2.75, 3.05) is 25.1 Å². The van der Waals surface area contributed by atoms with Crippen LogP contribution in [0.5, 0.6) is 5.75 Å². The van der Waals surface area contributed by atoms with Gasteiger partial charge >= 0.3 is 5.97 Å². The zero-order valence-corrected chi connectivity index (χ0v) is 18.2. The minimum Gasteiger partial charge on any atom is -0.496 e. The Balaban J connectivity index is 1.25. The van der Waals surface area contributed by atoms with Gasteiger partial charge in [-0.3, -0.25) is 9.59 Å². The van der Waals surface area contributed by atoms with Gasteiger partial charge in [-0.05, 0) is 38.0 Å². The summed E-state index contributed by atoms with van der Waals surface area (Å²) in [5.74, 6) is -0.237. The van der Waals surface area contributed by atoms with Gasteiger partial charge in [0.05, 0.1) is 13.0 Å². The van der Waals surface area contributed by atoms with Crippen LogP contribution < -0.4 is 15.0 Å². The number of hydrogen-bond acceptors (Lipinski definition) is 7. The van der Waals surface area contributed by atoms with Crippen LogP contribution in [0, 0.1) is 5.92 Å². The molecule has 0 spiro atoms. The SMILES string of the molecule is COc1ccccc1CNC(=O)[C@@H](C)OC(=O)C1CCN(c2nc3ccccc3o2)CC1. The molecule has 1 fully saturated rings. The molecule has 0 unspecified atom stereocenters. The van der Waals surface area contributed by atoms with Crippen LogP contribution in [0.3, 0.4) is 0 Å². The van der Waals surface area contributed by atoms with Crippen molar-refractivity contribution in [2.45, 2.75) is 32.4 Å².